The minimum Gasteiger partial charge on any atom is -0.370 e. The summed E-state index contributed by atoms with van der Waals surface area (Å²) in [6.07, 6.45) is 6.22. The third-order valence-corrected chi connectivity index (χ3v) is 6.38. The van der Waals surface area contributed by atoms with Crippen LogP contribution in [-0.2, 0) is 4.79 Å². The molecule has 0 radical (unpaired) electrons. The highest BCUT2D eigenvalue weighted by molar-refractivity contribution is 5.92. The van der Waals surface area contributed by atoms with Gasteiger partial charge in [-0.1, -0.05) is 20.3 Å². The molecule has 0 atom stereocenters. The predicted octanol–water partition coefficient (Wildman–Crippen LogP) is 6.50. The zero-order chi connectivity index (χ0) is 24.7. The summed E-state index contributed by atoms with van der Waals surface area (Å²) in [5.41, 5.74) is 7.84. The van der Waals surface area contributed by atoms with Crippen molar-refractivity contribution in [1.29, 1.82) is 0 Å². The molecule has 0 bridgehead atoms. The number of nitrogens with zero attached hydrogens (tertiary/aromatic N) is 1. The number of nitrogens with one attached hydrogen (secondary N) is 1. The molecule has 1 saturated carbocycles. The molecular formula is C27H34F3N3O. The number of carbonyl (C=O) groups excluding carboxylic acids is 1. The standard InChI is InChI=1S/C18H14F3N.C7H14N2O.C2H6/c19-12-6-4-11(5-7-12)17-16(10-2-1-3-10)14-8-13(20)9-15(21)18(14)22-17;8-7(10)3-6-9-4-1-2-5-9;1-2/h4-10,22H,1-3H2;1-6H2,(H2,8,10);1-2H3. The Labute approximate surface area is 199 Å². The van der Waals surface area contributed by atoms with Crippen molar-refractivity contribution in [3.8, 4) is 11.3 Å². The lowest BCUT2D eigenvalue weighted by atomic mass is 9.78. The third kappa shape index (κ3) is 6.20. The molecular weight excluding hydrogens is 439 g/mol. The first-order valence-corrected chi connectivity index (χ1v) is 12.2. The maximum atomic E-state index is 14.1. The Balaban J connectivity index is 0.000000228. The van der Waals surface area contributed by atoms with Crippen molar-refractivity contribution >= 4 is 16.8 Å². The number of likely N-dealkylation sites (tertiary alicyclic amines) is 1. The van der Waals surface area contributed by atoms with Crippen LogP contribution in [0.4, 0.5) is 13.2 Å². The van der Waals surface area contributed by atoms with E-state index in [0.717, 1.165) is 61.8 Å². The topological polar surface area (TPSA) is 62.1 Å². The van der Waals surface area contributed by atoms with E-state index in [-0.39, 0.29) is 11.7 Å². The lowest BCUT2D eigenvalue weighted by Gasteiger charge is -2.26. The van der Waals surface area contributed by atoms with Crippen LogP contribution in [0.25, 0.3) is 22.2 Å². The van der Waals surface area contributed by atoms with E-state index in [2.05, 4.69) is 9.88 Å². The fourth-order valence-corrected chi connectivity index (χ4v) is 4.48. The molecule has 2 fully saturated rings. The Morgan fingerprint density at radius 1 is 1.00 bits per heavy atom. The molecule has 4 nitrogen and oxygen atoms in total. The van der Waals surface area contributed by atoms with Crippen molar-refractivity contribution in [3.63, 3.8) is 0 Å². The van der Waals surface area contributed by atoms with Gasteiger partial charge >= 0.3 is 0 Å². The van der Waals surface area contributed by atoms with Crippen molar-refractivity contribution in [2.24, 2.45) is 5.73 Å². The van der Waals surface area contributed by atoms with E-state index in [9.17, 15) is 18.0 Å². The van der Waals surface area contributed by atoms with Crippen LogP contribution in [0.5, 0.6) is 0 Å². The maximum absolute atomic E-state index is 14.1. The van der Waals surface area contributed by atoms with Gasteiger partial charge in [0.05, 0.1) is 11.2 Å². The highest BCUT2D eigenvalue weighted by Gasteiger charge is 2.27. The largest absolute Gasteiger partial charge is 0.370 e. The number of aromatic nitrogens is 1. The summed E-state index contributed by atoms with van der Waals surface area (Å²) in [6.45, 7) is 7.15. The first-order valence-electron chi connectivity index (χ1n) is 12.2. The van der Waals surface area contributed by atoms with Gasteiger partial charge in [0, 0.05) is 24.4 Å². The molecule has 1 saturated heterocycles. The first-order chi connectivity index (χ1) is 16.4. The van der Waals surface area contributed by atoms with Gasteiger partial charge in [-0.25, -0.2) is 13.2 Å². The Bertz CT molecular complexity index is 1080. The molecule has 0 spiro atoms. The summed E-state index contributed by atoms with van der Waals surface area (Å²) in [7, 11) is 0. The fraction of sp³-hybridized carbons (Fsp3) is 0.444. The summed E-state index contributed by atoms with van der Waals surface area (Å²) < 4.78 is 40.8. The van der Waals surface area contributed by atoms with Gasteiger partial charge in [0.2, 0.25) is 5.91 Å². The molecule has 1 aromatic heterocycles. The number of benzene rings is 2. The normalized spacial score (nSPS) is 15.8. The van der Waals surface area contributed by atoms with Crippen LogP contribution in [0.1, 0.15) is 63.9 Å². The molecule has 5 rings (SSSR count). The Kier molecular flexibility index (Phi) is 9.16. The van der Waals surface area contributed by atoms with Crippen LogP contribution in [-0.4, -0.2) is 35.4 Å². The summed E-state index contributed by atoms with van der Waals surface area (Å²) in [5, 5.41) is 0.599. The number of H-pyrrole nitrogens is 1. The lowest BCUT2D eigenvalue weighted by Crippen LogP contribution is -2.25. The molecule has 1 aliphatic carbocycles. The number of hydrogen-bond acceptors (Lipinski definition) is 2. The van der Waals surface area contributed by atoms with Gasteiger partial charge in [-0.2, -0.15) is 0 Å². The number of fused-ring (bicyclic) bond motifs is 1. The van der Waals surface area contributed by atoms with Crippen LogP contribution in [0.3, 0.4) is 0 Å². The second-order valence-corrected chi connectivity index (χ2v) is 8.62. The van der Waals surface area contributed by atoms with Crippen molar-refractivity contribution in [3.05, 3.63) is 59.4 Å². The van der Waals surface area contributed by atoms with Gasteiger partial charge in [-0.3, -0.25) is 4.79 Å². The van der Waals surface area contributed by atoms with E-state index < -0.39 is 11.6 Å². The minimum absolute atomic E-state index is 0.188. The number of hydrogen-bond donors (Lipinski definition) is 2. The van der Waals surface area contributed by atoms with Gasteiger partial charge in [-0.05, 0) is 86.1 Å². The third-order valence-electron chi connectivity index (χ3n) is 6.38. The number of rotatable bonds is 5. The zero-order valence-electron chi connectivity index (χ0n) is 20.0. The zero-order valence-corrected chi connectivity index (χ0v) is 20.0. The quantitative estimate of drug-likeness (QED) is 0.444. The summed E-state index contributed by atoms with van der Waals surface area (Å²) in [4.78, 5) is 15.7. The molecule has 1 aliphatic heterocycles. The van der Waals surface area contributed by atoms with Crippen molar-refractivity contribution in [2.75, 3.05) is 19.6 Å². The number of carbonyl (C=O) groups is 1. The fourth-order valence-electron chi connectivity index (χ4n) is 4.48. The Morgan fingerprint density at radius 3 is 2.21 bits per heavy atom. The van der Waals surface area contributed by atoms with Crippen LogP contribution in [0.15, 0.2) is 36.4 Å². The maximum Gasteiger partial charge on any atom is 0.218 e. The van der Waals surface area contributed by atoms with Crippen molar-refractivity contribution < 1.29 is 18.0 Å². The molecule has 0 unspecified atom stereocenters. The SMILES string of the molecule is CC.Fc1ccc(-c2[nH]c3c(F)cc(F)cc3c2C2CCC2)cc1.NC(=O)CCN1CCCC1. The Morgan fingerprint density at radius 2 is 1.65 bits per heavy atom. The monoisotopic (exact) mass is 473 g/mol. The van der Waals surface area contributed by atoms with Gasteiger partial charge < -0.3 is 15.6 Å². The molecule has 34 heavy (non-hydrogen) atoms. The van der Waals surface area contributed by atoms with Crippen molar-refractivity contribution in [1.82, 2.24) is 9.88 Å². The van der Waals surface area contributed by atoms with Gasteiger partial charge in [0.25, 0.3) is 0 Å². The van der Waals surface area contributed by atoms with E-state index in [0.29, 0.717) is 23.2 Å². The van der Waals surface area contributed by atoms with Crippen LogP contribution in [0, 0.1) is 17.5 Å². The van der Waals surface area contributed by atoms with E-state index >= 15 is 0 Å². The summed E-state index contributed by atoms with van der Waals surface area (Å²) in [6, 6.07) is 8.35. The summed E-state index contributed by atoms with van der Waals surface area (Å²) >= 11 is 0. The second kappa shape index (κ2) is 12.1. The van der Waals surface area contributed by atoms with E-state index in [4.69, 9.17) is 5.73 Å². The molecule has 184 valence electrons. The minimum atomic E-state index is -0.594. The van der Waals surface area contributed by atoms with E-state index in [1.54, 1.807) is 12.1 Å². The number of nitrogens with two attached hydrogens (primary N) is 1. The molecule has 7 heteroatoms. The number of primary amides is 1. The molecule has 2 aliphatic rings. The Hall–Kier alpha value is -2.80. The second-order valence-electron chi connectivity index (χ2n) is 8.62. The number of amides is 1. The molecule has 1 amide bonds. The van der Waals surface area contributed by atoms with E-state index in [1.807, 2.05) is 13.8 Å². The van der Waals surface area contributed by atoms with Crippen LogP contribution >= 0.6 is 0 Å². The molecule has 3 N–H and O–H groups in total. The predicted molar refractivity (Wildman–Crippen MR) is 131 cm³/mol. The highest BCUT2D eigenvalue weighted by Crippen LogP contribution is 2.45. The van der Waals surface area contributed by atoms with Gasteiger partial charge in [0.1, 0.15) is 17.5 Å². The molecule has 2 aromatic carbocycles. The van der Waals surface area contributed by atoms with Gasteiger partial charge in [-0.15, -0.1) is 0 Å². The van der Waals surface area contributed by atoms with E-state index in [1.165, 1.54) is 31.0 Å². The first kappa shape index (κ1) is 25.8. The van der Waals surface area contributed by atoms with Crippen LogP contribution < -0.4 is 5.73 Å². The number of aromatic amines is 1. The smallest absolute Gasteiger partial charge is 0.218 e. The van der Waals surface area contributed by atoms with Crippen molar-refractivity contribution in [2.45, 2.75) is 58.3 Å². The lowest BCUT2D eigenvalue weighted by molar-refractivity contribution is -0.118. The van der Waals surface area contributed by atoms with Crippen LogP contribution in [0.2, 0.25) is 0 Å². The van der Waals surface area contributed by atoms with Gasteiger partial charge in [0.15, 0.2) is 0 Å². The average Bonchev–Trinajstić information content (AvgIpc) is 3.43. The number of halogens is 3. The molecule has 3 aromatic rings. The average molecular weight is 474 g/mol. The molecule has 2 heterocycles. The highest BCUT2D eigenvalue weighted by atomic mass is 19.1. The summed E-state index contributed by atoms with van der Waals surface area (Å²) in [5.74, 6) is -1.37.